The Hall–Kier alpha value is -7.43. The molecule has 2 aliphatic rings. The zero-order valence-electron chi connectivity index (χ0n) is 30.1. The van der Waals surface area contributed by atoms with Gasteiger partial charge in [0.2, 0.25) is 0 Å². The molecule has 1 spiro atoms. The van der Waals surface area contributed by atoms with Crippen molar-refractivity contribution >= 4 is 21.9 Å². The largest absolute Gasteiger partial charge is 0.456 e. The second-order valence-electron chi connectivity index (χ2n) is 14.6. The number of rotatable bonds is 4. The Morgan fingerprint density at radius 2 is 0.821 bits per heavy atom. The van der Waals surface area contributed by atoms with Crippen molar-refractivity contribution in [1.82, 2.24) is 15.0 Å². The van der Waals surface area contributed by atoms with Gasteiger partial charge in [0.15, 0.2) is 17.5 Å². The predicted octanol–water partition coefficient (Wildman–Crippen LogP) is 12.8. The SMILES string of the molecule is c1ccc(-c2nc(-c3cccc(-c4cccc5c4C4(c6ccccc6-c6ccccc64)c4ccccc4-5)c3)nc(-c3cccc4oc5ccccc5c34)n2)cc1. The summed E-state index contributed by atoms with van der Waals surface area (Å²) in [7, 11) is 0. The normalized spacial score (nSPS) is 13.1. The first-order valence-corrected chi connectivity index (χ1v) is 19.0. The minimum atomic E-state index is -0.460. The highest BCUT2D eigenvalue weighted by molar-refractivity contribution is 6.11. The van der Waals surface area contributed by atoms with Gasteiger partial charge in [0, 0.05) is 27.5 Å². The number of benzene rings is 8. The number of aromatic nitrogens is 3. The summed E-state index contributed by atoms with van der Waals surface area (Å²) in [5, 5.41) is 2.03. The molecule has 10 aromatic rings. The molecule has 0 radical (unpaired) electrons. The Morgan fingerprint density at radius 3 is 1.57 bits per heavy atom. The maximum Gasteiger partial charge on any atom is 0.164 e. The third-order valence-corrected chi connectivity index (χ3v) is 11.8. The number of fused-ring (bicyclic) bond motifs is 13. The van der Waals surface area contributed by atoms with Gasteiger partial charge >= 0.3 is 0 Å². The van der Waals surface area contributed by atoms with Gasteiger partial charge in [0.1, 0.15) is 11.2 Å². The number of hydrogen-bond acceptors (Lipinski definition) is 4. The lowest BCUT2D eigenvalue weighted by molar-refractivity contribution is 0.669. The Labute approximate surface area is 323 Å². The minimum absolute atomic E-state index is 0.460. The Bertz CT molecular complexity index is 3150. The summed E-state index contributed by atoms with van der Waals surface area (Å²) < 4.78 is 6.28. The van der Waals surface area contributed by atoms with E-state index in [1.807, 2.05) is 48.5 Å². The highest BCUT2D eigenvalue weighted by Crippen LogP contribution is 2.64. The van der Waals surface area contributed by atoms with Crippen LogP contribution in [0, 0.1) is 0 Å². The first-order chi connectivity index (χ1) is 27.8. The van der Waals surface area contributed by atoms with Crippen LogP contribution in [-0.4, -0.2) is 15.0 Å². The fraction of sp³-hybridized carbons (Fsp3) is 0.0192. The zero-order valence-corrected chi connectivity index (χ0v) is 30.1. The molecule has 56 heavy (non-hydrogen) atoms. The molecular weight excluding hydrogens is 683 g/mol. The first-order valence-electron chi connectivity index (χ1n) is 19.0. The van der Waals surface area contributed by atoms with E-state index in [0.29, 0.717) is 17.5 Å². The second-order valence-corrected chi connectivity index (χ2v) is 14.6. The molecule has 0 aliphatic heterocycles. The van der Waals surface area contributed by atoms with Crippen molar-refractivity contribution in [1.29, 1.82) is 0 Å². The fourth-order valence-corrected chi connectivity index (χ4v) is 9.52. The Kier molecular flexibility index (Phi) is 6.52. The molecule has 8 aromatic carbocycles. The van der Waals surface area contributed by atoms with Crippen LogP contribution in [0.2, 0.25) is 0 Å². The van der Waals surface area contributed by atoms with E-state index in [9.17, 15) is 0 Å². The quantitative estimate of drug-likeness (QED) is 0.182. The van der Waals surface area contributed by atoms with Crippen LogP contribution >= 0.6 is 0 Å². The Morgan fingerprint density at radius 1 is 0.339 bits per heavy atom. The van der Waals surface area contributed by atoms with Crippen LogP contribution in [0.25, 0.3) is 89.5 Å². The fourth-order valence-electron chi connectivity index (χ4n) is 9.52. The average molecular weight is 714 g/mol. The molecule has 0 saturated heterocycles. The van der Waals surface area contributed by atoms with Gasteiger partial charge in [-0.25, -0.2) is 15.0 Å². The predicted molar refractivity (Wildman–Crippen MR) is 225 cm³/mol. The average Bonchev–Trinajstić information content (AvgIpc) is 3.91. The smallest absolute Gasteiger partial charge is 0.164 e. The molecule has 4 nitrogen and oxygen atoms in total. The summed E-state index contributed by atoms with van der Waals surface area (Å²) in [4.78, 5) is 15.5. The summed E-state index contributed by atoms with van der Waals surface area (Å²) in [5.74, 6) is 1.84. The molecule has 4 heteroatoms. The molecule has 12 rings (SSSR count). The lowest BCUT2D eigenvalue weighted by atomic mass is 9.68. The van der Waals surface area contributed by atoms with Crippen LogP contribution in [0.4, 0.5) is 0 Å². The van der Waals surface area contributed by atoms with E-state index in [1.54, 1.807) is 0 Å². The lowest BCUT2D eigenvalue weighted by Gasteiger charge is -2.32. The summed E-state index contributed by atoms with van der Waals surface area (Å²) in [6, 6.07) is 66.8. The molecule has 0 fully saturated rings. The maximum absolute atomic E-state index is 6.28. The van der Waals surface area contributed by atoms with Crippen LogP contribution in [-0.2, 0) is 5.41 Å². The molecule has 2 aromatic heterocycles. The van der Waals surface area contributed by atoms with Crippen molar-refractivity contribution in [2.75, 3.05) is 0 Å². The zero-order chi connectivity index (χ0) is 36.8. The van der Waals surface area contributed by atoms with Crippen LogP contribution < -0.4 is 0 Å². The highest BCUT2D eigenvalue weighted by atomic mass is 16.3. The molecule has 2 aliphatic carbocycles. The van der Waals surface area contributed by atoms with Crippen molar-refractivity contribution < 1.29 is 4.42 Å². The third-order valence-electron chi connectivity index (χ3n) is 11.8. The molecular formula is C52H31N3O. The molecule has 2 heterocycles. The standard InChI is InChI=1S/C52H31N3O/c1-2-15-32(16-3-1)49-53-50(55-51(54-49)41-25-14-30-46-47(41)40-22-7-11-29-45(40)56-46)34-18-12-17-33(31-34)35-23-13-24-39-38-21-6-10-28-44(38)52(48(35)39)42-26-8-4-19-36(42)37-20-5-9-27-43(37)52/h1-31H. The number of nitrogens with zero attached hydrogens (tertiary/aromatic N) is 3. The first kappa shape index (κ1) is 31.0. The molecule has 0 N–H and O–H groups in total. The van der Waals surface area contributed by atoms with Crippen LogP contribution in [0.1, 0.15) is 22.3 Å². The van der Waals surface area contributed by atoms with E-state index < -0.39 is 5.41 Å². The summed E-state index contributed by atoms with van der Waals surface area (Å²) in [6.07, 6.45) is 0. The summed E-state index contributed by atoms with van der Waals surface area (Å²) in [6.45, 7) is 0. The number of para-hydroxylation sites is 1. The van der Waals surface area contributed by atoms with Gasteiger partial charge in [0.05, 0.1) is 5.41 Å². The van der Waals surface area contributed by atoms with E-state index in [2.05, 4.69) is 140 Å². The van der Waals surface area contributed by atoms with Crippen molar-refractivity contribution in [3.63, 3.8) is 0 Å². The molecule has 0 atom stereocenters. The van der Waals surface area contributed by atoms with Gasteiger partial charge in [-0.05, 0) is 73.8 Å². The van der Waals surface area contributed by atoms with Crippen molar-refractivity contribution in [3.05, 3.63) is 210 Å². The highest BCUT2D eigenvalue weighted by Gasteiger charge is 2.52. The van der Waals surface area contributed by atoms with Gasteiger partial charge in [-0.15, -0.1) is 0 Å². The van der Waals surface area contributed by atoms with Crippen molar-refractivity contribution in [2.45, 2.75) is 5.41 Å². The Balaban J connectivity index is 1.09. The van der Waals surface area contributed by atoms with Gasteiger partial charge in [0.25, 0.3) is 0 Å². The van der Waals surface area contributed by atoms with E-state index in [1.165, 1.54) is 50.1 Å². The second kappa shape index (κ2) is 11.8. The molecule has 0 amide bonds. The monoisotopic (exact) mass is 713 g/mol. The number of furan rings is 1. The minimum Gasteiger partial charge on any atom is -0.456 e. The van der Waals surface area contributed by atoms with Gasteiger partial charge < -0.3 is 4.42 Å². The van der Waals surface area contributed by atoms with Crippen LogP contribution in [0.5, 0.6) is 0 Å². The molecule has 0 unspecified atom stereocenters. The van der Waals surface area contributed by atoms with E-state index >= 15 is 0 Å². The summed E-state index contributed by atoms with van der Waals surface area (Å²) >= 11 is 0. The third kappa shape index (κ3) is 4.27. The number of hydrogen-bond donors (Lipinski definition) is 0. The van der Waals surface area contributed by atoms with Crippen LogP contribution in [0.15, 0.2) is 192 Å². The van der Waals surface area contributed by atoms with Crippen molar-refractivity contribution in [2.24, 2.45) is 0 Å². The van der Waals surface area contributed by atoms with E-state index in [0.717, 1.165) is 44.2 Å². The van der Waals surface area contributed by atoms with Gasteiger partial charge in [-0.2, -0.15) is 0 Å². The topological polar surface area (TPSA) is 51.8 Å². The van der Waals surface area contributed by atoms with Crippen molar-refractivity contribution in [3.8, 4) is 67.5 Å². The van der Waals surface area contributed by atoms with Crippen LogP contribution in [0.3, 0.4) is 0 Å². The lowest BCUT2D eigenvalue weighted by Crippen LogP contribution is -2.26. The summed E-state index contributed by atoms with van der Waals surface area (Å²) in [5.41, 5.74) is 16.7. The molecule has 0 bridgehead atoms. The van der Waals surface area contributed by atoms with E-state index in [-0.39, 0.29) is 0 Å². The van der Waals surface area contributed by atoms with Gasteiger partial charge in [-0.1, -0.05) is 170 Å². The van der Waals surface area contributed by atoms with E-state index in [4.69, 9.17) is 19.4 Å². The van der Waals surface area contributed by atoms with Gasteiger partial charge in [-0.3, -0.25) is 0 Å². The molecule has 0 saturated carbocycles. The molecule has 260 valence electrons. The maximum atomic E-state index is 6.28.